The molecule has 10 heteroatoms. The third kappa shape index (κ3) is 3.47. The molecule has 29 heavy (non-hydrogen) atoms. The molecule has 0 spiro atoms. The van der Waals surface area contributed by atoms with E-state index in [2.05, 4.69) is 0 Å². The van der Waals surface area contributed by atoms with Crippen LogP contribution in [0.1, 0.15) is 0 Å². The summed E-state index contributed by atoms with van der Waals surface area (Å²) < 4.78 is 27.3. The highest BCUT2D eigenvalue weighted by Gasteiger charge is 2.21. The molecular formula is C19H18N2O8. The van der Waals surface area contributed by atoms with Crippen LogP contribution < -0.4 is 24.7 Å². The zero-order valence-corrected chi connectivity index (χ0v) is 16.1. The predicted molar refractivity (Wildman–Crippen MR) is 103 cm³/mol. The van der Waals surface area contributed by atoms with Gasteiger partial charge in [-0.1, -0.05) is 0 Å². The molecule has 0 unspecified atom stereocenters. The van der Waals surface area contributed by atoms with Crippen molar-refractivity contribution in [2.75, 3.05) is 28.4 Å². The Labute approximate surface area is 164 Å². The molecule has 0 aliphatic rings. The zero-order valence-electron chi connectivity index (χ0n) is 16.1. The number of nitro groups is 1. The lowest BCUT2D eigenvalue weighted by molar-refractivity contribution is -0.385. The second kappa shape index (κ2) is 7.97. The summed E-state index contributed by atoms with van der Waals surface area (Å²) >= 11 is 0. The van der Waals surface area contributed by atoms with Crippen molar-refractivity contribution in [2.45, 2.75) is 0 Å². The Morgan fingerprint density at radius 2 is 1.55 bits per heavy atom. The van der Waals surface area contributed by atoms with Gasteiger partial charge in [-0.2, -0.15) is 0 Å². The van der Waals surface area contributed by atoms with Gasteiger partial charge in [-0.25, -0.2) is 9.36 Å². The minimum absolute atomic E-state index is 0.101. The van der Waals surface area contributed by atoms with Crippen LogP contribution in [0.25, 0.3) is 16.9 Å². The molecule has 0 aliphatic carbocycles. The quantitative estimate of drug-likeness (QED) is 0.437. The molecule has 0 N–H and O–H groups in total. The van der Waals surface area contributed by atoms with Gasteiger partial charge in [-0.15, -0.1) is 0 Å². The zero-order chi connectivity index (χ0) is 21.1. The van der Waals surface area contributed by atoms with E-state index < -0.39 is 10.7 Å². The SMILES string of the molecule is COc1ccc(-c2coc(=O)n2-c2cc(OC)c(OC)c(OC)c2)cc1[N+](=O)[O-]. The summed E-state index contributed by atoms with van der Waals surface area (Å²) in [5.74, 6) is 0.442. The molecule has 0 fully saturated rings. The molecule has 0 saturated carbocycles. The highest BCUT2D eigenvalue weighted by atomic mass is 16.6. The van der Waals surface area contributed by atoms with Gasteiger partial charge in [-0.3, -0.25) is 10.1 Å². The predicted octanol–water partition coefficient (Wildman–Crippen LogP) is 3.04. The lowest BCUT2D eigenvalue weighted by atomic mass is 10.1. The summed E-state index contributed by atoms with van der Waals surface area (Å²) in [7, 11) is 5.71. The Bertz CT molecular complexity index is 1090. The van der Waals surface area contributed by atoms with E-state index in [4.69, 9.17) is 23.4 Å². The van der Waals surface area contributed by atoms with Gasteiger partial charge in [0.15, 0.2) is 17.2 Å². The summed E-state index contributed by atoms with van der Waals surface area (Å²) in [4.78, 5) is 23.2. The van der Waals surface area contributed by atoms with Crippen molar-refractivity contribution < 1.29 is 28.3 Å². The second-order valence-corrected chi connectivity index (χ2v) is 5.75. The molecule has 10 nitrogen and oxygen atoms in total. The fraction of sp³-hybridized carbons (Fsp3) is 0.211. The summed E-state index contributed by atoms with van der Waals surface area (Å²) in [6.07, 6.45) is 1.22. The van der Waals surface area contributed by atoms with Gasteiger partial charge in [0.1, 0.15) is 6.26 Å². The molecule has 0 atom stereocenters. The van der Waals surface area contributed by atoms with Gasteiger partial charge in [0, 0.05) is 23.8 Å². The first-order chi connectivity index (χ1) is 13.9. The van der Waals surface area contributed by atoms with E-state index in [9.17, 15) is 14.9 Å². The van der Waals surface area contributed by atoms with Crippen LogP contribution in [0.2, 0.25) is 0 Å². The summed E-state index contributed by atoms with van der Waals surface area (Å²) in [5.41, 5.74) is 0.814. The third-order valence-corrected chi connectivity index (χ3v) is 4.27. The molecule has 3 rings (SSSR count). The number of hydrogen-bond donors (Lipinski definition) is 0. The average molecular weight is 402 g/mol. The first kappa shape index (κ1) is 19.8. The van der Waals surface area contributed by atoms with Crippen molar-refractivity contribution in [2.24, 2.45) is 0 Å². The molecule has 0 bridgehead atoms. The van der Waals surface area contributed by atoms with Crippen molar-refractivity contribution in [3.05, 3.63) is 57.3 Å². The number of hydrogen-bond acceptors (Lipinski definition) is 8. The van der Waals surface area contributed by atoms with E-state index in [1.807, 2.05) is 0 Å². The van der Waals surface area contributed by atoms with E-state index >= 15 is 0 Å². The monoisotopic (exact) mass is 402 g/mol. The largest absolute Gasteiger partial charge is 0.493 e. The maximum absolute atomic E-state index is 12.4. The van der Waals surface area contributed by atoms with E-state index in [0.717, 1.165) is 0 Å². The Morgan fingerprint density at radius 3 is 2.07 bits per heavy atom. The van der Waals surface area contributed by atoms with Crippen LogP contribution in [0.3, 0.4) is 0 Å². The van der Waals surface area contributed by atoms with Crippen molar-refractivity contribution in [3.8, 4) is 39.9 Å². The summed E-state index contributed by atoms with van der Waals surface area (Å²) in [6, 6.07) is 7.48. The lowest BCUT2D eigenvalue weighted by Crippen LogP contribution is -2.14. The van der Waals surface area contributed by atoms with Crippen LogP contribution in [-0.4, -0.2) is 37.9 Å². The first-order valence-corrected chi connectivity index (χ1v) is 8.28. The molecule has 3 aromatic rings. The lowest BCUT2D eigenvalue weighted by Gasteiger charge is -2.15. The number of nitrogens with zero attached hydrogens (tertiary/aromatic N) is 2. The standard InChI is InChI=1S/C19H18N2O8/c1-25-15-6-5-11(7-13(15)21(23)24)14-10-29-19(22)20(14)12-8-16(26-2)18(28-4)17(9-12)27-3/h5-10H,1-4H3. The van der Waals surface area contributed by atoms with E-state index in [-0.39, 0.29) is 11.4 Å². The normalized spacial score (nSPS) is 10.5. The molecule has 2 aromatic carbocycles. The highest BCUT2D eigenvalue weighted by molar-refractivity contribution is 5.68. The molecule has 0 aliphatic heterocycles. The maximum atomic E-state index is 12.4. The number of oxazole rings is 1. The third-order valence-electron chi connectivity index (χ3n) is 4.27. The van der Waals surface area contributed by atoms with Crippen LogP contribution in [0.4, 0.5) is 5.69 Å². The Balaban J connectivity index is 2.24. The van der Waals surface area contributed by atoms with Crippen LogP contribution in [0.5, 0.6) is 23.0 Å². The molecular weight excluding hydrogens is 384 g/mol. The number of nitro benzene ring substituents is 1. The Hall–Kier alpha value is -3.95. The molecule has 0 saturated heterocycles. The molecule has 1 heterocycles. The second-order valence-electron chi connectivity index (χ2n) is 5.75. The topological polar surface area (TPSA) is 115 Å². The van der Waals surface area contributed by atoms with Crippen molar-refractivity contribution in [1.82, 2.24) is 4.57 Å². The smallest absolute Gasteiger partial charge is 0.424 e. The fourth-order valence-corrected chi connectivity index (χ4v) is 2.94. The number of ether oxygens (including phenoxy) is 4. The van der Waals surface area contributed by atoms with Gasteiger partial charge in [0.25, 0.3) is 0 Å². The number of benzene rings is 2. The van der Waals surface area contributed by atoms with Gasteiger partial charge >= 0.3 is 11.4 Å². The van der Waals surface area contributed by atoms with Gasteiger partial charge < -0.3 is 23.4 Å². The number of aromatic nitrogens is 1. The van der Waals surface area contributed by atoms with Crippen LogP contribution in [-0.2, 0) is 0 Å². The molecule has 1 aromatic heterocycles. The summed E-state index contributed by atoms with van der Waals surface area (Å²) in [6.45, 7) is 0. The number of methoxy groups -OCH3 is 4. The van der Waals surface area contributed by atoms with Crippen molar-refractivity contribution >= 4 is 5.69 Å². The molecule has 0 radical (unpaired) electrons. The van der Waals surface area contributed by atoms with Crippen molar-refractivity contribution in [3.63, 3.8) is 0 Å². The van der Waals surface area contributed by atoms with Gasteiger partial charge in [0.05, 0.1) is 44.7 Å². The molecule has 0 amide bonds. The summed E-state index contributed by atoms with van der Waals surface area (Å²) in [5, 5.41) is 11.3. The maximum Gasteiger partial charge on any atom is 0.424 e. The van der Waals surface area contributed by atoms with Gasteiger partial charge in [0.2, 0.25) is 5.75 Å². The molecule has 152 valence electrons. The van der Waals surface area contributed by atoms with E-state index in [1.165, 1.54) is 51.4 Å². The van der Waals surface area contributed by atoms with Crippen LogP contribution >= 0.6 is 0 Å². The van der Waals surface area contributed by atoms with Crippen LogP contribution in [0, 0.1) is 10.1 Å². The van der Waals surface area contributed by atoms with Crippen LogP contribution in [0.15, 0.2) is 45.8 Å². The fourth-order valence-electron chi connectivity index (χ4n) is 2.94. The minimum atomic E-state index is -0.687. The van der Waals surface area contributed by atoms with E-state index in [1.54, 1.807) is 18.2 Å². The van der Waals surface area contributed by atoms with E-state index in [0.29, 0.717) is 34.2 Å². The Kier molecular flexibility index (Phi) is 5.44. The van der Waals surface area contributed by atoms with Crippen molar-refractivity contribution in [1.29, 1.82) is 0 Å². The Morgan fingerprint density at radius 1 is 0.931 bits per heavy atom. The minimum Gasteiger partial charge on any atom is -0.493 e. The highest BCUT2D eigenvalue weighted by Crippen LogP contribution is 2.40. The first-order valence-electron chi connectivity index (χ1n) is 8.28. The van der Waals surface area contributed by atoms with Gasteiger partial charge in [-0.05, 0) is 12.1 Å². The number of rotatable bonds is 7. The average Bonchev–Trinajstić information content (AvgIpc) is 3.13.